The Morgan fingerprint density at radius 3 is 1.96 bits per heavy atom. The third-order valence-electron chi connectivity index (χ3n) is 4.47. The molecule has 0 saturated heterocycles. The number of thiazole rings is 1. The number of carbonyl (C=O) groups excluding carboxylic acids is 1. The first-order valence-corrected chi connectivity index (χ1v) is 9.28. The van der Waals surface area contributed by atoms with Gasteiger partial charge < -0.3 is 10.2 Å². The Labute approximate surface area is 165 Å². The first kappa shape index (κ1) is 19.4. The molecule has 2 N–H and O–H groups in total. The number of nitrogens with zero attached hydrogens (tertiary/aromatic N) is 1. The number of aryl methyl sites for hydroxylation is 1. The molecule has 1 heterocycles. The number of hydrogen-bond donors (Lipinski definition) is 2. The number of ketones is 1. The fraction of sp³-hybridized carbons (Fsp3) is 0.143. The predicted molar refractivity (Wildman–Crippen MR) is 106 cm³/mol. The van der Waals surface area contributed by atoms with Crippen LogP contribution >= 0.6 is 11.3 Å². The molecule has 28 heavy (non-hydrogen) atoms. The standard InChI is InChI=1S/C21H17NO5S/c1-10-15(11(2)23)17(13-7-5-4-6-8-13)19(21(26)27)18(16(10)20(24)25)14-9-28-12(3)22-14/h4-9H,1-3H3,(H,24,25)(H,26,27). The van der Waals surface area contributed by atoms with Crippen LogP contribution in [0.1, 0.15) is 48.6 Å². The summed E-state index contributed by atoms with van der Waals surface area (Å²) in [6.07, 6.45) is 0. The molecular formula is C21H17NO5S. The van der Waals surface area contributed by atoms with Gasteiger partial charge in [-0.15, -0.1) is 11.3 Å². The van der Waals surface area contributed by atoms with Crippen LogP contribution in [0.5, 0.6) is 0 Å². The number of rotatable bonds is 5. The fourth-order valence-electron chi connectivity index (χ4n) is 3.42. The van der Waals surface area contributed by atoms with Gasteiger partial charge in [0, 0.05) is 22.1 Å². The lowest BCUT2D eigenvalue weighted by Crippen LogP contribution is -2.16. The van der Waals surface area contributed by atoms with E-state index in [0.717, 1.165) is 0 Å². The highest BCUT2D eigenvalue weighted by atomic mass is 32.1. The first-order valence-electron chi connectivity index (χ1n) is 8.40. The quantitative estimate of drug-likeness (QED) is 0.607. The van der Waals surface area contributed by atoms with Gasteiger partial charge in [0.2, 0.25) is 0 Å². The molecule has 0 bridgehead atoms. The summed E-state index contributed by atoms with van der Waals surface area (Å²) in [6, 6.07) is 8.64. The van der Waals surface area contributed by atoms with Gasteiger partial charge in [-0.1, -0.05) is 30.3 Å². The van der Waals surface area contributed by atoms with Crippen molar-refractivity contribution in [3.8, 4) is 22.4 Å². The van der Waals surface area contributed by atoms with Crippen LogP contribution in [0, 0.1) is 13.8 Å². The Bertz CT molecular complexity index is 1120. The zero-order chi connectivity index (χ0) is 20.6. The summed E-state index contributed by atoms with van der Waals surface area (Å²) in [5.41, 5.74) is 0.902. The van der Waals surface area contributed by atoms with Gasteiger partial charge >= 0.3 is 11.9 Å². The second kappa shape index (κ2) is 7.36. The number of benzene rings is 2. The van der Waals surface area contributed by atoms with Crippen molar-refractivity contribution in [2.24, 2.45) is 0 Å². The topological polar surface area (TPSA) is 105 Å². The number of hydrogen-bond acceptors (Lipinski definition) is 5. The number of carboxylic acid groups (broad SMARTS) is 2. The van der Waals surface area contributed by atoms with Gasteiger partial charge in [-0.3, -0.25) is 4.79 Å². The van der Waals surface area contributed by atoms with E-state index in [9.17, 15) is 24.6 Å². The van der Waals surface area contributed by atoms with E-state index in [1.807, 2.05) is 0 Å². The Morgan fingerprint density at radius 1 is 0.893 bits per heavy atom. The van der Waals surface area contributed by atoms with E-state index < -0.39 is 17.7 Å². The molecule has 0 unspecified atom stereocenters. The zero-order valence-corrected chi connectivity index (χ0v) is 16.3. The second-order valence-electron chi connectivity index (χ2n) is 6.28. The lowest BCUT2D eigenvalue weighted by molar-refractivity contribution is 0.0695. The Morgan fingerprint density at radius 2 is 1.50 bits per heavy atom. The molecule has 0 atom stereocenters. The van der Waals surface area contributed by atoms with Crippen LogP contribution < -0.4 is 0 Å². The van der Waals surface area contributed by atoms with Crippen molar-refractivity contribution in [1.29, 1.82) is 0 Å². The average Bonchev–Trinajstić information content (AvgIpc) is 3.06. The molecule has 0 aliphatic heterocycles. The van der Waals surface area contributed by atoms with E-state index in [0.29, 0.717) is 10.6 Å². The lowest BCUT2D eigenvalue weighted by Gasteiger charge is -2.20. The molecule has 0 spiro atoms. The van der Waals surface area contributed by atoms with E-state index in [-0.39, 0.29) is 39.1 Å². The summed E-state index contributed by atoms with van der Waals surface area (Å²) in [5.74, 6) is -3.02. The monoisotopic (exact) mass is 395 g/mol. The van der Waals surface area contributed by atoms with Crippen LogP contribution in [0.2, 0.25) is 0 Å². The molecule has 1 aromatic heterocycles. The summed E-state index contributed by atoms with van der Waals surface area (Å²) in [4.78, 5) is 41.2. The third kappa shape index (κ3) is 3.20. The van der Waals surface area contributed by atoms with Crippen molar-refractivity contribution in [3.63, 3.8) is 0 Å². The van der Waals surface area contributed by atoms with Gasteiger partial charge in [-0.25, -0.2) is 14.6 Å². The molecular weight excluding hydrogens is 378 g/mol. The molecule has 0 fully saturated rings. The van der Waals surface area contributed by atoms with E-state index >= 15 is 0 Å². The molecule has 0 saturated carbocycles. The number of aromatic carboxylic acids is 2. The minimum atomic E-state index is -1.32. The average molecular weight is 395 g/mol. The van der Waals surface area contributed by atoms with Crippen molar-refractivity contribution in [3.05, 3.63) is 63.0 Å². The summed E-state index contributed by atoms with van der Waals surface area (Å²) in [5, 5.41) is 22.2. The SMILES string of the molecule is CC(=O)c1c(C)c(C(=O)O)c(-c2csc(C)n2)c(C(=O)O)c1-c1ccccc1. The zero-order valence-electron chi connectivity index (χ0n) is 15.4. The van der Waals surface area contributed by atoms with Gasteiger partial charge in [0.1, 0.15) is 0 Å². The maximum Gasteiger partial charge on any atom is 0.337 e. The van der Waals surface area contributed by atoms with E-state index in [1.54, 1.807) is 42.6 Å². The van der Waals surface area contributed by atoms with Crippen molar-refractivity contribution >= 4 is 29.1 Å². The Balaban J connectivity index is 2.62. The Kier molecular flexibility index (Phi) is 5.11. The molecule has 6 nitrogen and oxygen atoms in total. The summed E-state index contributed by atoms with van der Waals surface area (Å²) < 4.78 is 0. The fourth-order valence-corrected chi connectivity index (χ4v) is 4.03. The summed E-state index contributed by atoms with van der Waals surface area (Å²) >= 11 is 1.29. The molecule has 3 rings (SSSR count). The van der Waals surface area contributed by atoms with Crippen molar-refractivity contribution in [2.45, 2.75) is 20.8 Å². The van der Waals surface area contributed by atoms with Gasteiger partial charge in [-0.05, 0) is 31.9 Å². The van der Waals surface area contributed by atoms with E-state index in [4.69, 9.17) is 0 Å². The molecule has 142 valence electrons. The predicted octanol–water partition coefficient (Wildman–Crippen LogP) is 4.69. The summed E-state index contributed by atoms with van der Waals surface area (Å²) in [7, 11) is 0. The van der Waals surface area contributed by atoms with Crippen molar-refractivity contribution in [1.82, 2.24) is 4.98 Å². The molecule has 0 amide bonds. The minimum absolute atomic E-state index is 0.0192. The molecule has 0 aliphatic rings. The maximum atomic E-state index is 12.5. The van der Waals surface area contributed by atoms with E-state index in [1.165, 1.54) is 25.2 Å². The van der Waals surface area contributed by atoms with Gasteiger partial charge in [0.15, 0.2) is 5.78 Å². The smallest absolute Gasteiger partial charge is 0.337 e. The van der Waals surface area contributed by atoms with Gasteiger partial charge in [0.25, 0.3) is 0 Å². The molecule has 3 aromatic rings. The maximum absolute atomic E-state index is 12.5. The van der Waals surface area contributed by atoms with Crippen molar-refractivity contribution < 1.29 is 24.6 Å². The first-order chi connectivity index (χ1) is 13.2. The van der Waals surface area contributed by atoms with Crippen LogP contribution in [0.25, 0.3) is 22.4 Å². The number of carbonyl (C=O) groups is 3. The van der Waals surface area contributed by atoms with Gasteiger partial charge in [0.05, 0.1) is 21.8 Å². The van der Waals surface area contributed by atoms with Crippen LogP contribution in [0.4, 0.5) is 0 Å². The molecule has 2 aromatic carbocycles. The molecule has 7 heteroatoms. The number of aromatic nitrogens is 1. The highest BCUT2D eigenvalue weighted by Gasteiger charge is 2.32. The summed E-state index contributed by atoms with van der Waals surface area (Å²) in [6.45, 7) is 4.59. The van der Waals surface area contributed by atoms with E-state index in [2.05, 4.69) is 4.98 Å². The number of Topliss-reactive ketones (excluding diaryl/α,β-unsaturated/α-hetero) is 1. The Hall–Kier alpha value is -3.32. The van der Waals surface area contributed by atoms with Crippen LogP contribution in [-0.2, 0) is 0 Å². The molecule has 0 radical (unpaired) electrons. The molecule has 0 aliphatic carbocycles. The second-order valence-corrected chi connectivity index (χ2v) is 7.35. The van der Waals surface area contributed by atoms with Gasteiger partial charge in [-0.2, -0.15) is 0 Å². The van der Waals surface area contributed by atoms with Crippen LogP contribution in [0.15, 0.2) is 35.7 Å². The largest absolute Gasteiger partial charge is 0.478 e. The van der Waals surface area contributed by atoms with Crippen molar-refractivity contribution in [2.75, 3.05) is 0 Å². The number of carboxylic acids is 2. The minimum Gasteiger partial charge on any atom is -0.478 e. The van der Waals surface area contributed by atoms with Crippen LogP contribution in [0.3, 0.4) is 0 Å². The highest BCUT2D eigenvalue weighted by Crippen LogP contribution is 2.41. The highest BCUT2D eigenvalue weighted by molar-refractivity contribution is 7.09. The normalized spacial score (nSPS) is 10.7. The van der Waals surface area contributed by atoms with Crippen LogP contribution in [-0.4, -0.2) is 32.9 Å². The third-order valence-corrected chi connectivity index (χ3v) is 5.24. The lowest BCUT2D eigenvalue weighted by atomic mass is 9.82.